The van der Waals surface area contributed by atoms with Crippen molar-refractivity contribution < 1.29 is 19.0 Å². The first-order valence-electron chi connectivity index (χ1n) is 4.94. The molecule has 0 saturated heterocycles. The number of methoxy groups -OCH3 is 2. The van der Waals surface area contributed by atoms with Gasteiger partial charge in [0.25, 0.3) is 0 Å². The standard InChI is InChI=1S/C12H11BrO4/c1-15-10-4-3-7(13)5-8(10)9-6-11(14)17-12(9)16-2/h3-6,12H,1-2H3. The molecule has 0 aliphatic carbocycles. The van der Waals surface area contributed by atoms with E-state index >= 15 is 0 Å². The van der Waals surface area contributed by atoms with Crippen LogP contribution in [0.25, 0.3) is 5.57 Å². The molecule has 1 aromatic rings. The van der Waals surface area contributed by atoms with Gasteiger partial charge in [-0.3, -0.25) is 0 Å². The zero-order chi connectivity index (χ0) is 12.4. The van der Waals surface area contributed by atoms with E-state index in [1.54, 1.807) is 7.11 Å². The lowest BCUT2D eigenvalue weighted by Crippen LogP contribution is -2.13. The number of cyclic esters (lactones) is 1. The van der Waals surface area contributed by atoms with Crippen LogP contribution in [0.4, 0.5) is 0 Å². The molecule has 0 radical (unpaired) electrons. The monoisotopic (exact) mass is 298 g/mol. The van der Waals surface area contributed by atoms with Gasteiger partial charge in [-0.15, -0.1) is 0 Å². The summed E-state index contributed by atoms with van der Waals surface area (Å²) in [5.74, 6) is 0.258. The first kappa shape index (κ1) is 12.1. The molecule has 5 heteroatoms. The molecule has 1 heterocycles. The molecule has 0 bridgehead atoms. The van der Waals surface area contributed by atoms with Crippen molar-refractivity contribution in [1.82, 2.24) is 0 Å². The fraction of sp³-hybridized carbons (Fsp3) is 0.250. The summed E-state index contributed by atoms with van der Waals surface area (Å²) in [4.78, 5) is 11.2. The van der Waals surface area contributed by atoms with Gasteiger partial charge < -0.3 is 14.2 Å². The summed E-state index contributed by atoms with van der Waals surface area (Å²) in [6.45, 7) is 0. The first-order valence-corrected chi connectivity index (χ1v) is 5.74. The van der Waals surface area contributed by atoms with Crippen LogP contribution in [0, 0.1) is 0 Å². The van der Waals surface area contributed by atoms with Crippen LogP contribution >= 0.6 is 15.9 Å². The van der Waals surface area contributed by atoms with Gasteiger partial charge in [-0.1, -0.05) is 15.9 Å². The Balaban J connectivity index is 2.48. The van der Waals surface area contributed by atoms with Crippen LogP contribution in [-0.2, 0) is 14.3 Å². The first-order chi connectivity index (χ1) is 8.15. The highest BCUT2D eigenvalue weighted by Crippen LogP contribution is 2.34. The van der Waals surface area contributed by atoms with Gasteiger partial charge in [-0.05, 0) is 18.2 Å². The zero-order valence-electron chi connectivity index (χ0n) is 9.40. The molecule has 90 valence electrons. The molecule has 0 aromatic heterocycles. The molecule has 1 aliphatic heterocycles. The number of carbonyl (C=O) groups is 1. The van der Waals surface area contributed by atoms with E-state index < -0.39 is 12.3 Å². The summed E-state index contributed by atoms with van der Waals surface area (Å²) in [7, 11) is 3.06. The minimum atomic E-state index is -0.675. The van der Waals surface area contributed by atoms with Crippen molar-refractivity contribution in [1.29, 1.82) is 0 Å². The smallest absolute Gasteiger partial charge is 0.333 e. The Kier molecular flexibility index (Phi) is 3.49. The van der Waals surface area contributed by atoms with Crippen molar-refractivity contribution in [3.63, 3.8) is 0 Å². The lowest BCUT2D eigenvalue weighted by atomic mass is 10.0. The van der Waals surface area contributed by atoms with Gasteiger partial charge in [0, 0.05) is 28.8 Å². The number of rotatable bonds is 3. The van der Waals surface area contributed by atoms with Gasteiger partial charge >= 0.3 is 5.97 Å². The fourth-order valence-electron chi connectivity index (χ4n) is 1.68. The maximum Gasteiger partial charge on any atom is 0.333 e. The third-order valence-corrected chi connectivity index (χ3v) is 2.93. The molecular formula is C12H11BrO4. The number of esters is 1. The van der Waals surface area contributed by atoms with Crippen molar-refractivity contribution >= 4 is 27.5 Å². The lowest BCUT2D eigenvalue weighted by Gasteiger charge is -2.15. The van der Waals surface area contributed by atoms with E-state index in [4.69, 9.17) is 14.2 Å². The van der Waals surface area contributed by atoms with E-state index in [1.165, 1.54) is 13.2 Å². The maximum absolute atomic E-state index is 11.2. The molecule has 1 aliphatic rings. The van der Waals surface area contributed by atoms with E-state index in [1.807, 2.05) is 18.2 Å². The average molecular weight is 299 g/mol. The minimum Gasteiger partial charge on any atom is -0.496 e. The van der Waals surface area contributed by atoms with Crippen molar-refractivity contribution in [2.75, 3.05) is 14.2 Å². The molecule has 4 nitrogen and oxygen atoms in total. The van der Waals surface area contributed by atoms with Crippen molar-refractivity contribution in [3.05, 3.63) is 34.3 Å². The largest absolute Gasteiger partial charge is 0.496 e. The van der Waals surface area contributed by atoms with E-state index in [0.717, 1.165) is 10.0 Å². The highest BCUT2D eigenvalue weighted by Gasteiger charge is 2.29. The van der Waals surface area contributed by atoms with E-state index in [9.17, 15) is 4.79 Å². The lowest BCUT2D eigenvalue weighted by molar-refractivity contribution is -0.153. The second-order valence-electron chi connectivity index (χ2n) is 3.45. The van der Waals surface area contributed by atoms with Gasteiger partial charge in [-0.2, -0.15) is 0 Å². The minimum absolute atomic E-state index is 0.408. The summed E-state index contributed by atoms with van der Waals surface area (Å²) in [5.41, 5.74) is 1.44. The summed E-state index contributed by atoms with van der Waals surface area (Å²) in [6, 6.07) is 5.54. The Hall–Kier alpha value is -1.33. The molecule has 1 atom stereocenters. The summed E-state index contributed by atoms with van der Waals surface area (Å²) >= 11 is 3.38. The van der Waals surface area contributed by atoms with E-state index in [0.29, 0.717) is 11.3 Å². The predicted octanol–water partition coefficient (Wildman–Crippen LogP) is 2.37. The Morgan fingerprint density at radius 2 is 2.12 bits per heavy atom. The normalized spacial score (nSPS) is 18.9. The summed E-state index contributed by atoms with van der Waals surface area (Å²) in [5, 5.41) is 0. The van der Waals surface area contributed by atoms with Crippen LogP contribution in [0.3, 0.4) is 0 Å². The predicted molar refractivity (Wildman–Crippen MR) is 65.6 cm³/mol. The summed E-state index contributed by atoms with van der Waals surface area (Å²) < 4.78 is 16.2. The zero-order valence-corrected chi connectivity index (χ0v) is 11.0. The molecule has 1 aromatic carbocycles. The summed E-state index contributed by atoms with van der Waals surface area (Å²) in [6.07, 6.45) is 0.740. The fourth-order valence-corrected chi connectivity index (χ4v) is 2.04. The SMILES string of the molecule is COc1ccc(Br)cc1C1=CC(=O)OC1OC. The van der Waals surface area contributed by atoms with Gasteiger partial charge in [0.2, 0.25) is 6.29 Å². The molecule has 17 heavy (non-hydrogen) atoms. The second kappa shape index (κ2) is 4.89. The van der Waals surface area contributed by atoms with Crippen LogP contribution < -0.4 is 4.74 Å². The Labute approximate surface area is 107 Å². The van der Waals surface area contributed by atoms with Gasteiger partial charge in [0.05, 0.1) is 7.11 Å². The molecule has 1 unspecified atom stereocenters. The number of benzene rings is 1. The second-order valence-corrected chi connectivity index (χ2v) is 4.36. The number of hydrogen-bond acceptors (Lipinski definition) is 4. The van der Waals surface area contributed by atoms with Crippen LogP contribution in [-0.4, -0.2) is 26.5 Å². The van der Waals surface area contributed by atoms with Gasteiger partial charge in [0.15, 0.2) is 0 Å². The van der Waals surface area contributed by atoms with E-state index in [2.05, 4.69) is 15.9 Å². The topological polar surface area (TPSA) is 44.8 Å². The third-order valence-electron chi connectivity index (χ3n) is 2.44. The number of hydrogen-bond donors (Lipinski definition) is 0. The Morgan fingerprint density at radius 1 is 1.35 bits per heavy atom. The van der Waals surface area contributed by atoms with E-state index in [-0.39, 0.29) is 0 Å². The molecule has 0 N–H and O–H groups in total. The molecule has 0 amide bonds. The van der Waals surface area contributed by atoms with Crippen molar-refractivity contribution in [2.45, 2.75) is 6.29 Å². The van der Waals surface area contributed by atoms with Gasteiger partial charge in [0.1, 0.15) is 5.75 Å². The highest BCUT2D eigenvalue weighted by molar-refractivity contribution is 9.10. The Bertz CT molecular complexity index is 481. The average Bonchev–Trinajstić information content (AvgIpc) is 2.70. The molecular weight excluding hydrogens is 288 g/mol. The van der Waals surface area contributed by atoms with Crippen molar-refractivity contribution in [3.8, 4) is 5.75 Å². The molecule has 0 spiro atoms. The molecule has 2 rings (SSSR count). The number of ether oxygens (including phenoxy) is 3. The van der Waals surface area contributed by atoms with Crippen LogP contribution in [0.5, 0.6) is 5.75 Å². The highest BCUT2D eigenvalue weighted by atomic mass is 79.9. The maximum atomic E-state index is 11.2. The van der Waals surface area contributed by atoms with Crippen molar-refractivity contribution in [2.24, 2.45) is 0 Å². The molecule has 0 fully saturated rings. The third kappa shape index (κ3) is 2.35. The van der Waals surface area contributed by atoms with Crippen LogP contribution in [0.2, 0.25) is 0 Å². The number of carbonyl (C=O) groups excluding carboxylic acids is 1. The Morgan fingerprint density at radius 3 is 2.76 bits per heavy atom. The molecule has 0 saturated carbocycles. The van der Waals surface area contributed by atoms with Gasteiger partial charge in [-0.25, -0.2) is 4.79 Å². The quantitative estimate of drug-likeness (QED) is 0.804. The van der Waals surface area contributed by atoms with Crippen LogP contribution in [0.1, 0.15) is 5.56 Å². The number of halogens is 1. The van der Waals surface area contributed by atoms with Crippen LogP contribution in [0.15, 0.2) is 28.7 Å².